The number of carbonyl (C=O) groups excluding carboxylic acids is 2. The lowest BCUT2D eigenvalue weighted by molar-refractivity contribution is -0.144. The maximum Gasteiger partial charge on any atom is 0.229 e. The summed E-state index contributed by atoms with van der Waals surface area (Å²) in [5, 5.41) is 0. The lowest BCUT2D eigenvalue weighted by atomic mass is 10.2. The van der Waals surface area contributed by atoms with Gasteiger partial charge in [0.15, 0.2) is 0 Å². The number of rotatable bonds is 2. The van der Waals surface area contributed by atoms with Gasteiger partial charge in [-0.15, -0.1) is 11.3 Å². The number of hydrogen-bond acceptors (Lipinski definition) is 4. The van der Waals surface area contributed by atoms with Crippen LogP contribution < -0.4 is 5.73 Å². The Kier molecular flexibility index (Phi) is 4.72. The molecular formula is C14H16N2O2S. The van der Waals surface area contributed by atoms with Crippen LogP contribution in [-0.4, -0.2) is 23.3 Å². The maximum absolute atomic E-state index is 11.9. The second-order valence-electron chi connectivity index (χ2n) is 4.35. The van der Waals surface area contributed by atoms with Gasteiger partial charge in [-0.05, 0) is 25.0 Å². The van der Waals surface area contributed by atoms with Crippen LogP contribution >= 0.6 is 11.3 Å². The average molecular weight is 276 g/mol. The molecular weight excluding hydrogens is 260 g/mol. The summed E-state index contributed by atoms with van der Waals surface area (Å²) in [7, 11) is 0. The number of nitrogens with two attached hydrogens (primary N) is 1. The third-order valence-electron chi connectivity index (χ3n) is 2.92. The van der Waals surface area contributed by atoms with Gasteiger partial charge in [0.25, 0.3) is 0 Å². The molecule has 100 valence electrons. The summed E-state index contributed by atoms with van der Waals surface area (Å²) in [5.41, 5.74) is 5.32. The normalized spacial score (nSPS) is 15.9. The van der Waals surface area contributed by atoms with E-state index in [2.05, 4.69) is 11.8 Å². The molecule has 2 amide bonds. The van der Waals surface area contributed by atoms with Crippen LogP contribution in [0.2, 0.25) is 0 Å². The van der Waals surface area contributed by atoms with Gasteiger partial charge in [-0.2, -0.15) is 0 Å². The van der Waals surface area contributed by atoms with Crippen LogP contribution in [0.25, 0.3) is 0 Å². The lowest BCUT2D eigenvalue weighted by Crippen LogP contribution is -2.34. The van der Waals surface area contributed by atoms with E-state index in [1.54, 1.807) is 0 Å². The van der Waals surface area contributed by atoms with Crippen LogP contribution in [0.1, 0.15) is 35.4 Å². The van der Waals surface area contributed by atoms with Crippen LogP contribution in [0.5, 0.6) is 0 Å². The summed E-state index contributed by atoms with van der Waals surface area (Å²) >= 11 is 1.50. The zero-order chi connectivity index (χ0) is 13.7. The number of carbonyl (C=O) groups is 2. The van der Waals surface area contributed by atoms with E-state index in [0.29, 0.717) is 25.9 Å². The number of likely N-dealkylation sites (tertiary alicyclic amines) is 1. The molecule has 1 aliphatic rings. The molecule has 0 aliphatic carbocycles. The first-order valence-electron chi connectivity index (χ1n) is 6.31. The molecule has 0 aromatic carbocycles. The molecule has 2 heterocycles. The van der Waals surface area contributed by atoms with Gasteiger partial charge >= 0.3 is 0 Å². The summed E-state index contributed by atoms with van der Waals surface area (Å²) in [6.07, 6.45) is 2.55. The Labute approximate surface area is 116 Å². The third kappa shape index (κ3) is 3.66. The second-order valence-corrected chi connectivity index (χ2v) is 5.52. The third-order valence-corrected chi connectivity index (χ3v) is 3.91. The molecule has 0 radical (unpaired) electrons. The minimum atomic E-state index is -0.0644. The summed E-state index contributed by atoms with van der Waals surface area (Å²) < 4.78 is 0. The highest BCUT2D eigenvalue weighted by Crippen LogP contribution is 2.20. The minimum Gasteiger partial charge on any atom is -0.320 e. The van der Waals surface area contributed by atoms with Crippen molar-refractivity contribution in [3.8, 4) is 11.8 Å². The smallest absolute Gasteiger partial charge is 0.229 e. The van der Waals surface area contributed by atoms with E-state index in [0.717, 1.165) is 22.6 Å². The van der Waals surface area contributed by atoms with Crippen LogP contribution in [0.4, 0.5) is 0 Å². The molecule has 0 saturated carbocycles. The number of thiophene rings is 1. The molecule has 5 heteroatoms. The fourth-order valence-electron chi connectivity index (χ4n) is 1.96. The first-order chi connectivity index (χ1) is 9.20. The van der Waals surface area contributed by atoms with Crippen LogP contribution in [0.3, 0.4) is 0 Å². The van der Waals surface area contributed by atoms with E-state index in [1.165, 1.54) is 16.2 Å². The van der Waals surface area contributed by atoms with Gasteiger partial charge in [0.1, 0.15) is 0 Å². The summed E-state index contributed by atoms with van der Waals surface area (Å²) in [4.78, 5) is 27.0. The van der Waals surface area contributed by atoms with Crippen molar-refractivity contribution in [2.45, 2.75) is 32.2 Å². The standard InChI is InChI=1S/C14H16N2O2S/c15-9-3-4-11-7-8-12(19-11)10-16-13(17)5-1-2-6-14(16)18/h7-8H,1-2,5-6,9-10,15H2. The summed E-state index contributed by atoms with van der Waals surface area (Å²) in [6, 6.07) is 3.81. The number of nitrogens with zero attached hydrogens (tertiary/aromatic N) is 1. The van der Waals surface area contributed by atoms with E-state index in [1.807, 2.05) is 12.1 Å². The van der Waals surface area contributed by atoms with Crippen molar-refractivity contribution < 1.29 is 9.59 Å². The average Bonchev–Trinajstić information content (AvgIpc) is 2.79. The molecule has 1 aromatic rings. The molecule has 0 unspecified atom stereocenters. The highest BCUT2D eigenvalue weighted by molar-refractivity contribution is 7.12. The molecule has 1 aliphatic heterocycles. The van der Waals surface area contributed by atoms with Gasteiger partial charge in [-0.1, -0.05) is 11.8 Å². The molecule has 19 heavy (non-hydrogen) atoms. The summed E-state index contributed by atoms with van der Waals surface area (Å²) in [6.45, 7) is 0.697. The Hall–Kier alpha value is -1.64. The number of amides is 2. The first kappa shape index (κ1) is 13.8. The van der Waals surface area contributed by atoms with Gasteiger partial charge in [0, 0.05) is 17.7 Å². The maximum atomic E-state index is 11.9. The first-order valence-corrected chi connectivity index (χ1v) is 7.13. The molecule has 2 rings (SSSR count). The van der Waals surface area contributed by atoms with E-state index in [-0.39, 0.29) is 11.8 Å². The van der Waals surface area contributed by atoms with Crippen molar-refractivity contribution in [3.05, 3.63) is 21.9 Å². The van der Waals surface area contributed by atoms with Gasteiger partial charge in [-0.3, -0.25) is 14.5 Å². The van der Waals surface area contributed by atoms with Gasteiger partial charge in [0.05, 0.1) is 18.0 Å². The minimum absolute atomic E-state index is 0.0644. The Morgan fingerprint density at radius 2 is 1.89 bits per heavy atom. The summed E-state index contributed by atoms with van der Waals surface area (Å²) in [5.74, 6) is 5.61. The van der Waals surface area contributed by atoms with Crippen LogP contribution in [0, 0.1) is 11.8 Å². The Bertz CT molecular complexity index is 521. The van der Waals surface area contributed by atoms with E-state index in [4.69, 9.17) is 5.73 Å². The largest absolute Gasteiger partial charge is 0.320 e. The zero-order valence-electron chi connectivity index (χ0n) is 10.6. The number of hydrogen-bond donors (Lipinski definition) is 1. The topological polar surface area (TPSA) is 63.4 Å². The van der Waals surface area contributed by atoms with E-state index in [9.17, 15) is 9.59 Å². The molecule has 0 atom stereocenters. The molecule has 1 fully saturated rings. The van der Waals surface area contributed by atoms with Crippen molar-refractivity contribution in [2.24, 2.45) is 5.73 Å². The highest BCUT2D eigenvalue weighted by Gasteiger charge is 2.24. The van der Waals surface area contributed by atoms with Crippen molar-refractivity contribution >= 4 is 23.2 Å². The van der Waals surface area contributed by atoms with E-state index < -0.39 is 0 Å². The van der Waals surface area contributed by atoms with Crippen molar-refractivity contribution in [1.82, 2.24) is 4.90 Å². The van der Waals surface area contributed by atoms with E-state index >= 15 is 0 Å². The fourth-order valence-corrected chi connectivity index (χ4v) is 2.83. The quantitative estimate of drug-likeness (QED) is 0.657. The highest BCUT2D eigenvalue weighted by atomic mass is 32.1. The number of imide groups is 1. The van der Waals surface area contributed by atoms with Gasteiger partial charge in [0.2, 0.25) is 11.8 Å². The predicted octanol–water partition coefficient (Wildman–Crippen LogP) is 1.49. The SMILES string of the molecule is NCC#Cc1ccc(CN2C(=O)CCCCC2=O)s1. The lowest BCUT2D eigenvalue weighted by Gasteiger charge is -2.17. The zero-order valence-corrected chi connectivity index (χ0v) is 11.5. The molecule has 1 saturated heterocycles. The van der Waals surface area contributed by atoms with Crippen LogP contribution in [-0.2, 0) is 16.1 Å². The van der Waals surface area contributed by atoms with Gasteiger partial charge < -0.3 is 5.73 Å². The van der Waals surface area contributed by atoms with Crippen molar-refractivity contribution in [2.75, 3.05) is 6.54 Å². The molecule has 2 N–H and O–H groups in total. The molecule has 0 spiro atoms. The fraction of sp³-hybridized carbons (Fsp3) is 0.429. The van der Waals surface area contributed by atoms with Crippen molar-refractivity contribution in [3.63, 3.8) is 0 Å². The second kappa shape index (κ2) is 6.50. The molecule has 0 bridgehead atoms. The van der Waals surface area contributed by atoms with Crippen molar-refractivity contribution in [1.29, 1.82) is 0 Å². The molecule has 4 nitrogen and oxygen atoms in total. The Balaban J connectivity index is 2.08. The Morgan fingerprint density at radius 1 is 1.21 bits per heavy atom. The van der Waals surface area contributed by atoms with Gasteiger partial charge in [-0.25, -0.2) is 0 Å². The monoisotopic (exact) mass is 276 g/mol. The predicted molar refractivity (Wildman–Crippen MR) is 74.3 cm³/mol. The molecule has 1 aromatic heterocycles. The van der Waals surface area contributed by atoms with Crippen LogP contribution in [0.15, 0.2) is 12.1 Å². The Morgan fingerprint density at radius 3 is 2.53 bits per heavy atom.